The van der Waals surface area contributed by atoms with Gasteiger partial charge in [-0.15, -0.1) is 0 Å². The van der Waals surface area contributed by atoms with Crippen LogP contribution in [0.15, 0.2) is 23.1 Å². The highest BCUT2D eigenvalue weighted by Gasteiger charge is 2.28. The fourth-order valence-electron chi connectivity index (χ4n) is 4.42. The monoisotopic (exact) mass is 457 g/mol. The second-order valence-electron chi connectivity index (χ2n) is 8.57. The van der Waals surface area contributed by atoms with E-state index in [1.165, 1.54) is 12.1 Å². The smallest absolute Gasteiger partial charge is 0.303 e. The average Bonchev–Trinajstić information content (AvgIpc) is 3.22. The molecule has 9 heteroatoms. The van der Waals surface area contributed by atoms with Crippen LogP contribution in [-0.4, -0.2) is 36.4 Å². The number of carbonyl (C=O) groups excluding carboxylic acids is 1. The van der Waals surface area contributed by atoms with E-state index in [1.54, 1.807) is 26.0 Å². The summed E-state index contributed by atoms with van der Waals surface area (Å²) in [4.78, 5) is 27.4. The predicted molar refractivity (Wildman–Crippen MR) is 122 cm³/mol. The molecule has 0 atom stereocenters. The number of fused-ring (bicyclic) bond motifs is 2. The van der Waals surface area contributed by atoms with E-state index in [-0.39, 0.29) is 23.3 Å². The minimum Gasteiger partial charge on any atom is -0.481 e. The molecule has 4 N–H and O–H groups in total. The van der Waals surface area contributed by atoms with E-state index in [2.05, 4.69) is 15.0 Å². The van der Waals surface area contributed by atoms with Crippen LogP contribution in [0.4, 0.5) is 5.69 Å². The molecule has 1 aromatic carbocycles. The summed E-state index contributed by atoms with van der Waals surface area (Å²) in [5.41, 5.74) is 5.33. The van der Waals surface area contributed by atoms with Crippen LogP contribution < -0.4 is 10.0 Å². The topological polar surface area (TPSA) is 128 Å². The number of benzene rings is 1. The van der Waals surface area contributed by atoms with Crippen LogP contribution in [0.3, 0.4) is 0 Å². The van der Waals surface area contributed by atoms with Crippen molar-refractivity contribution in [1.82, 2.24) is 9.71 Å². The number of H-pyrrole nitrogens is 1. The zero-order valence-electron chi connectivity index (χ0n) is 18.1. The minimum atomic E-state index is -3.71. The molecule has 8 nitrogen and oxygen atoms in total. The van der Waals surface area contributed by atoms with Crippen LogP contribution >= 0.6 is 0 Å². The van der Waals surface area contributed by atoms with Crippen molar-refractivity contribution in [1.29, 1.82) is 0 Å². The number of carbonyl (C=O) groups is 2. The number of hydrogen-bond donors (Lipinski definition) is 4. The average molecular weight is 458 g/mol. The third-order valence-corrected chi connectivity index (χ3v) is 7.45. The Balaban J connectivity index is 1.78. The molecule has 4 rings (SSSR count). The molecule has 0 saturated heterocycles. The van der Waals surface area contributed by atoms with E-state index in [0.29, 0.717) is 23.2 Å². The molecule has 170 valence electrons. The quantitative estimate of drug-likeness (QED) is 0.475. The van der Waals surface area contributed by atoms with Crippen molar-refractivity contribution in [2.75, 3.05) is 5.32 Å². The van der Waals surface area contributed by atoms with Crippen molar-refractivity contribution in [2.24, 2.45) is 0 Å². The summed E-state index contributed by atoms with van der Waals surface area (Å²) < 4.78 is 27.8. The number of carboxylic acids is 1. The Morgan fingerprint density at radius 3 is 2.72 bits per heavy atom. The Morgan fingerprint density at radius 1 is 1.25 bits per heavy atom. The lowest BCUT2D eigenvalue weighted by Gasteiger charge is -2.12. The number of hydrogen-bond acceptors (Lipinski definition) is 4. The Labute approximate surface area is 187 Å². The van der Waals surface area contributed by atoms with Gasteiger partial charge >= 0.3 is 5.97 Å². The van der Waals surface area contributed by atoms with E-state index in [1.807, 2.05) is 0 Å². The number of rotatable bonds is 7. The van der Waals surface area contributed by atoms with Gasteiger partial charge in [-0.25, -0.2) is 13.1 Å². The van der Waals surface area contributed by atoms with Crippen LogP contribution in [0.1, 0.15) is 61.2 Å². The molecule has 1 amide bonds. The van der Waals surface area contributed by atoms with E-state index >= 15 is 0 Å². The van der Waals surface area contributed by atoms with Crippen molar-refractivity contribution in [3.8, 4) is 0 Å². The maximum atomic E-state index is 12.7. The first-order chi connectivity index (χ1) is 15.2. The highest BCUT2D eigenvalue weighted by atomic mass is 32.2. The number of anilines is 1. The minimum absolute atomic E-state index is 0.00646. The molecule has 1 aliphatic heterocycles. The molecule has 0 spiro atoms. The Hall–Kier alpha value is -2.91. The van der Waals surface area contributed by atoms with Gasteiger partial charge in [0.2, 0.25) is 10.0 Å². The molecule has 0 bridgehead atoms. The largest absolute Gasteiger partial charge is 0.481 e. The van der Waals surface area contributed by atoms with Gasteiger partial charge in [-0.05, 0) is 81.4 Å². The number of sulfonamides is 1. The zero-order valence-corrected chi connectivity index (χ0v) is 18.9. The fourth-order valence-corrected chi connectivity index (χ4v) is 5.69. The molecular weight excluding hydrogens is 430 g/mol. The summed E-state index contributed by atoms with van der Waals surface area (Å²) >= 11 is 0. The van der Waals surface area contributed by atoms with Crippen LogP contribution in [0.25, 0.3) is 11.6 Å². The second-order valence-corrected chi connectivity index (χ2v) is 10.3. The van der Waals surface area contributed by atoms with E-state index in [4.69, 9.17) is 0 Å². The van der Waals surface area contributed by atoms with E-state index in [0.717, 1.165) is 48.2 Å². The van der Waals surface area contributed by atoms with Gasteiger partial charge in [0.25, 0.3) is 5.91 Å². The van der Waals surface area contributed by atoms with Crippen LogP contribution in [0.5, 0.6) is 0 Å². The second kappa shape index (κ2) is 8.55. The molecule has 32 heavy (non-hydrogen) atoms. The zero-order chi connectivity index (χ0) is 23.0. The number of aryl methyl sites for hydroxylation is 1. The number of carboxylic acid groups (broad SMARTS) is 1. The highest BCUT2D eigenvalue weighted by Crippen LogP contribution is 2.37. The molecule has 2 aromatic rings. The molecule has 0 saturated carbocycles. The van der Waals surface area contributed by atoms with Gasteiger partial charge in [-0.1, -0.05) is 0 Å². The Morgan fingerprint density at radius 2 is 2.00 bits per heavy atom. The third-order valence-electron chi connectivity index (χ3n) is 5.80. The third kappa shape index (κ3) is 4.35. The molecule has 0 unspecified atom stereocenters. The van der Waals surface area contributed by atoms with Gasteiger partial charge in [-0.3, -0.25) is 9.59 Å². The van der Waals surface area contributed by atoms with Gasteiger partial charge in [0.15, 0.2) is 0 Å². The van der Waals surface area contributed by atoms with Crippen LogP contribution in [-0.2, 0) is 38.9 Å². The van der Waals surface area contributed by atoms with E-state index < -0.39 is 16.0 Å². The summed E-state index contributed by atoms with van der Waals surface area (Å²) in [6.45, 7) is 3.49. The van der Waals surface area contributed by atoms with Gasteiger partial charge in [0, 0.05) is 35.1 Å². The molecule has 2 heterocycles. The molecule has 0 fully saturated rings. The number of nitrogens with one attached hydrogen (secondary N) is 3. The van der Waals surface area contributed by atoms with Gasteiger partial charge in [0.05, 0.1) is 10.5 Å². The summed E-state index contributed by atoms with van der Waals surface area (Å²) in [6, 6.07) is 4.31. The number of aromatic nitrogens is 1. The fraction of sp³-hybridized carbons (Fsp3) is 0.391. The normalized spacial score (nSPS) is 16.8. The lowest BCUT2D eigenvalue weighted by Crippen LogP contribution is -2.30. The van der Waals surface area contributed by atoms with E-state index in [9.17, 15) is 23.1 Å². The highest BCUT2D eigenvalue weighted by molar-refractivity contribution is 7.89. The molecule has 0 radical (unpaired) electrons. The van der Waals surface area contributed by atoms with Crippen molar-refractivity contribution in [2.45, 2.75) is 63.3 Å². The maximum absolute atomic E-state index is 12.7. The lowest BCUT2D eigenvalue weighted by atomic mass is 9.92. The SMILES string of the molecule is CC(C)NS(=O)(=O)c1ccc2c(c1)C(=Cc1[nH]c3c(c1CCC(=O)O)CCCC3)C(=O)N2. The van der Waals surface area contributed by atoms with Gasteiger partial charge < -0.3 is 15.4 Å². The van der Waals surface area contributed by atoms with Crippen LogP contribution in [0, 0.1) is 0 Å². The van der Waals surface area contributed by atoms with Crippen LogP contribution in [0.2, 0.25) is 0 Å². The first-order valence-corrected chi connectivity index (χ1v) is 12.3. The Kier molecular flexibility index (Phi) is 5.96. The predicted octanol–water partition coefficient (Wildman–Crippen LogP) is 3.09. The van der Waals surface area contributed by atoms with Crippen molar-refractivity contribution in [3.63, 3.8) is 0 Å². The van der Waals surface area contributed by atoms with Crippen molar-refractivity contribution in [3.05, 3.63) is 46.3 Å². The van der Waals surface area contributed by atoms with Gasteiger partial charge in [0.1, 0.15) is 0 Å². The summed E-state index contributed by atoms with van der Waals surface area (Å²) in [5.74, 6) is -1.19. The molecule has 1 aromatic heterocycles. The molecule has 2 aliphatic rings. The van der Waals surface area contributed by atoms with Crippen molar-refractivity contribution >= 4 is 39.2 Å². The lowest BCUT2D eigenvalue weighted by molar-refractivity contribution is -0.137. The number of aromatic amines is 1. The Bertz CT molecular complexity index is 1220. The first kappa shape index (κ1) is 22.3. The van der Waals surface area contributed by atoms with Crippen molar-refractivity contribution < 1.29 is 23.1 Å². The number of amides is 1. The standard InChI is InChI=1S/C23H27N3O5S/c1-13(2)26-32(30,31)14-7-9-20-17(11-14)18(23(29)25-20)12-21-16(8-10-22(27)28)15-5-3-4-6-19(15)24-21/h7,9,11-13,24,26H,3-6,8,10H2,1-2H3,(H,25,29)(H,27,28). The van der Waals surface area contributed by atoms with Gasteiger partial charge in [-0.2, -0.15) is 0 Å². The summed E-state index contributed by atoms with van der Waals surface area (Å²) in [5, 5.41) is 12.0. The number of aliphatic carboxylic acids is 1. The first-order valence-electron chi connectivity index (χ1n) is 10.8. The molecular formula is C23H27N3O5S. The summed E-state index contributed by atoms with van der Waals surface area (Å²) in [7, 11) is -3.71. The molecule has 1 aliphatic carbocycles. The maximum Gasteiger partial charge on any atom is 0.303 e. The summed E-state index contributed by atoms with van der Waals surface area (Å²) in [6.07, 6.45) is 6.00.